The van der Waals surface area contributed by atoms with E-state index in [1.54, 1.807) is 0 Å². The molecule has 0 amide bonds. The molecular weight excluding hydrogens is 292 g/mol. The maximum Gasteiger partial charge on any atom is 0.170 e. The van der Waals surface area contributed by atoms with Crippen molar-refractivity contribution in [2.24, 2.45) is 17.8 Å². The third-order valence-corrected chi connectivity index (χ3v) is 4.71. The summed E-state index contributed by atoms with van der Waals surface area (Å²) in [4.78, 5) is 12.6. The van der Waals surface area contributed by atoms with Gasteiger partial charge in [-0.05, 0) is 49.8 Å². The van der Waals surface area contributed by atoms with Crippen LogP contribution in [0.1, 0.15) is 36.5 Å². The van der Waals surface area contributed by atoms with Crippen molar-refractivity contribution < 1.29 is 9.53 Å². The number of Topliss-reactive ketones (excluding diaryl/α,β-unsaturated/α-hetero) is 1. The molecule has 0 spiro atoms. The maximum atomic E-state index is 12.6. The maximum absolute atomic E-state index is 12.6. The summed E-state index contributed by atoms with van der Waals surface area (Å²) in [5.41, 5.74) is 0.755. The Labute approximate surface area is 116 Å². The molecule has 2 nitrogen and oxygen atoms in total. The van der Waals surface area contributed by atoms with Gasteiger partial charge in [0.1, 0.15) is 5.75 Å². The molecule has 1 aromatic carbocycles. The number of halogens is 1. The summed E-state index contributed by atoms with van der Waals surface area (Å²) in [6.07, 6.45) is 3.77. The molecule has 3 heteroatoms. The molecule has 2 aliphatic carbocycles. The van der Waals surface area contributed by atoms with Crippen LogP contribution in [0.4, 0.5) is 0 Å². The van der Waals surface area contributed by atoms with Gasteiger partial charge in [0, 0.05) is 10.4 Å². The zero-order valence-corrected chi connectivity index (χ0v) is 12.1. The second-order valence-electron chi connectivity index (χ2n) is 5.22. The molecule has 0 radical (unpaired) electrons. The fourth-order valence-corrected chi connectivity index (χ4v) is 3.73. The highest BCUT2D eigenvalue weighted by atomic mass is 79.9. The quantitative estimate of drug-likeness (QED) is 0.784. The molecule has 1 aromatic rings. The standard InChI is InChI=1S/C15H17BrO2/c1-2-18-13-7-6-9(16)8-12(13)15(17)14-10-4-3-5-11(10)14/h6-8,10-11,14H,2-5H2,1H3. The van der Waals surface area contributed by atoms with Crippen LogP contribution in [0.3, 0.4) is 0 Å². The molecule has 3 rings (SSSR count). The Morgan fingerprint density at radius 2 is 2.11 bits per heavy atom. The summed E-state index contributed by atoms with van der Waals surface area (Å²) in [6, 6.07) is 5.72. The van der Waals surface area contributed by atoms with Gasteiger partial charge in [-0.15, -0.1) is 0 Å². The van der Waals surface area contributed by atoms with Gasteiger partial charge >= 0.3 is 0 Å². The van der Waals surface area contributed by atoms with E-state index in [1.807, 2.05) is 25.1 Å². The lowest BCUT2D eigenvalue weighted by Gasteiger charge is -2.10. The Hall–Kier alpha value is -0.830. The van der Waals surface area contributed by atoms with Gasteiger partial charge in [-0.25, -0.2) is 0 Å². The van der Waals surface area contributed by atoms with Crippen LogP contribution in [0.5, 0.6) is 5.75 Å². The number of hydrogen-bond acceptors (Lipinski definition) is 2. The van der Waals surface area contributed by atoms with Crippen molar-refractivity contribution >= 4 is 21.7 Å². The smallest absolute Gasteiger partial charge is 0.170 e. The first-order valence-electron chi connectivity index (χ1n) is 6.69. The van der Waals surface area contributed by atoms with Crippen molar-refractivity contribution in [1.82, 2.24) is 0 Å². The predicted molar refractivity (Wildman–Crippen MR) is 74.0 cm³/mol. The topological polar surface area (TPSA) is 26.3 Å². The van der Waals surface area contributed by atoms with Crippen molar-refractivity contribution in [2.75, 3.05) is 6.61 Å². The summed E-state index contributed by atoms with van der Waals surface area (Å²) < 4.78 is 6.52. The van der Waals surface area contributed by atoms with Crippen LogP contribution < -0.4 is 4.74 Å². The SMILES string of the molecule is CCOc1ccc(Br)cc1C(=O)C1C2CCCC21. The zero-order valence-electron chi connectivity index (χ0n) is 10.5. The van der Waals surface area contributed by atoms with Gasteiger partial charge < -0.3 is 4.74 Å². The number of hydrogen-bond donors (Lipinski definition) is 0. The average Bonchev–Trinajstić information content (AvgIpc) is 2.84. The van der Waals surface area contributed by atoms with E-state index in [0.29, 0.717) is 18.4 Å². The largest absolute Gasteiger partial charge is 0.493 e. The monoisotopic (exact) mass is 308 g/mol. The third kappa shape index (κ3) is 1.99. The van der Waals surface area contributed by atoms with Crippen LogP contribution >= 0.6 is 15.9 Å². The summed E-state index contributed by atoms with van der Waals surface area (Å²) in [5, 5.41) is 0. The van der Waals surface area contributed by atoms with Gasteiger partial charge in [0.05, 0.1) is 12.2 Å². The fourth-order valence-electron chi connectivity index (χ4n) is 3.37. The van der Waals surface area contributed by atoms with Crippen molar-refractivity contribution in [3.05, 3.63) is 28.2 Å². The molecule has 2 unspecified atom stereocenters. The Morgan fingerprint density at radius 3 is 2.78 bits per heavy atom. The molecule has 0 aliphatic heterocycles. The van der Waals surface area contributed by atoms with Crippen LogP contribution in [0, 0.1) is 17.8 Å². The summed E-state index contributed by atoms with van der Waals surface area (Å²) in [6.45, 7) is 2.54. The lowest BCUT2D eigenvalue weighted by atomic mass is 10.0. The minimum Gasteiger partial charge on any atom is -0.493 e. The Morgan fingerprint density at radius 1 is 1.39 bits per heavy atom. The first-order chi connectivity index (χ1) is 8.72. The van der Waals surface area contributed by atoms with Crippen molar-refractivity contribution in [3.8, 4) is 5.75 Å². The lowest BCUT2D eigenvalue weighted by Crippen LogP contribution is -2.09. The first-order valence-corrected chi connectivity index (χ1v) is 7.48. The molecule has 2 saturated carbocycles. The van der Waals surface area contributed by atoms with Gasteiger partial charge in [0.15, 0.2) is 5.78 Å². The second-order valence-corrected chi connectivity index (χ2v) is 6.14. The zero-order chi connectivity index (χ0) is 12.7. The van der Waals surface area contributed by atoms with E-state index in [9.17, 15) is 4.79 Å². The van der Waals surface area contributed by atoms with Gasteiger partial charge in [-0.3, -0.25) is 4.79 Å². The highest BCUT2D eigenvalue weighted by Crippen LogP contribution is 2.59. The second kappa shape index (κ2) is 4.69. The number of ether oxygens (including phenoxy) is 1. The lowest BCUT2D eigenvalue weighted by molar-refractivity contribution is 0.0947. The fraction of sp³-hybridized carbons (Fsp3) is 0.533. The Bertz CT molecular complexity index is 473. The Kier molecular flexibility index (Phi) is 3.18. The molecule has 2 aliphatic rings. The number of rotatable bonds is 4. The van der Waals surface area contributed by atoms with Gasteiger partial charge in [-0.1, -0.05) is 22.4 Å². The van der Waals surface area contributed by atoms with Crippen LogP contribution in [0.2, 0.25) is 0 Å². The molecule has 0 bridgehead atoms. The number of fused-ring (bicyclic) bond motifs is 1. The average molecular weight is 309 g/mol. The highest BCUT2D eigenvalue weighted by Gasteiger charge is 2.56. The van der Waals surface area contributed by atoms with Crippen LogP contribution in [0.15, 0.2) is 22.7 Å². The molecule has 18 heavy (non-hydrogen) atoms. The van der Waals surface area contributed by atoms with Gasteiger partial charge in [0.2, 0.25) is 0 Å². The molecule has 96 valence electrons. The van der Waals surface area contributed by atoms with Crippen molar-refractivity contribution in [2.45, 2.75) is 26.2 Å². The number of carbonyl (C=O) groups is 1. The molecule has 0 aromatic heterocycles. The van der Waals surface area contributed by atoms with Crippen LogP contribution in [-0.4, -0.2) is 12.4 Å². The number of benzene rings is 1. The minimum absolute atomic E-state index is 0.271. The van der Waals surface area contributed by atoms with Crippen molar-refractivity contribution in [1.29, 1.82) is 0 Å². The van der Waals surface area contributed by atoms with Crippen LogP contribution in [-0.2, 0) is 0 Å². The normalized spacial score (nSPS) is 28.9. The van der Waals surface area contributed by atoms with E-state index in [4.69, 9.17) is 4.74 Å². The summed E-state index contributed by atoms with van der Waals surface area (Å²) in [7, 11) is 0. The van der Waals surface area contributed by atoms with Gasteiger partial charge in [0.25, 0.3) is 0 Å². The van der Waals surface area contributed by atoms with E-state index in [2.05, 4.69) is 15.9 Å². The first kappa shape index (κ1) is 12.2. The molecule has 0 N–H and O–H groups in total. The summed E-state index contributed by atoms with van der Waals surface area (Å²) >= 11 is 3.44. The van der Waals surface area contributed by atoms with E-state index in [-0.39, 0.29) is 11.7 Å². The van der Waals surface area contributed by atoms with E-state index in [1.165, 1.54) is 19.3 Å². The van der Waals surface area contributed by atoms with Crippen molar-refractivity contribution in [3.63, 3.8) is 0 Å². The summed E-state index contributed by atoms with van der Waals surface area (Å²) in [5.74, 6) is 2.61. The number of carbonyl (C=O) groups excluding carboxylic acids is 1. The minimum atomic E-state index is 0.271. The Balaban J connectivity index is 1.86. The number of ketones is 1. The molecule has 2 atom stereocenters. The van der Waals surface area contributed by atoms with Gasteiger partial charge in [-0.2, -0.15) is 0 Å². The molecule has 0 heterocycles. The van der Waals surface area contributed by atoms with E-state index in [0.717, 1.165) is 15.8 Å². The van der Waals surface area contributed by atoms with Crippen LogP contribution in [0.25, 0.3) is 0 Å². The molecule has 2 fully saturated rings. The van der Waals surface area contributed by atoms with E-state index >= 15 is 0 Å². The van der Waals surface area contributed by atoms with E-state index < -0.39 is 0 Å². The predicted octanol–water partition coefficient (Wildman–Crippen LogP) is 4.08. The highest BCUT2D eigenvalue weighted by molar-refractivity contribution is 9.10. The molecule has 0 saturated heterocycles. The molecular formula is C15H17BrO2. The third-order valence-electron chi connectivity index (χ3n) is 4.22.